The second kappa shape index (κ2) is 9.77. The minimum Gasteiger partial charge on any atom is -0.464 e. The third-order valence-electron chi connectivity index (χ3n) is 12.2. The maximum absolute atomic E-state index is 13.8. The van der Waals surface area contributed by atoms with Gasteiger partial charge < -0.3 is 19.2 Å². The van der Waals surface area contributed by atoms with E-state index in [1.54, 1.807) is 18.4 Å². The van der Waals surface area contributed by atoms with E-state index in [2.05, 4.69) is 33.0 Å². The first kappa shape index (κ1) is 29.3. The van der Waals surface area contributed by atoms with Crippen LogP contribution in [0.1, 0.15) is 89.6 Å². The zero-order valence-electron chi connectivity index (χ0n) is 26.7. The predicted octanol–water partition coefficient (Wildman–Crippen LogP) is 6.79. The number of benzene rings is 1. The largest absolute Gasteiger partial charge is 0.464 e. The van der Waals surface area contributed by atoms with Gasteiger partial charge in [-0.25, -0.2) is 0 Å². The van der Waals surface area contributed by atoms with E-state index in [9.17, 15) is 14.4 Å². The molecule has 2 saturated heterocycles. The summed E-state index contributed by atoms with van der Waals surface area (Å²) in [4.78, 5) is 39.8. The molecule has 0 bridgehead atoms. The highest BCUT2D eigenvalue weighted by molar-refractivity contribution is 6.00. The lowest BCUT2D eigenvalue weighted by atomic mass is 9.42. The van der Waals surface area contributed by atoms with Crippen LogP contribution < -0.4 is 5.32 Å². The molecule has 44 heavy (non-hydrogen) atoms. The average molecular weight is 598 g/mol. The fourth-order valence-corrected chi connectivity index (χ4v) is 10.1. The van der Waals surface area contributed by atoms with Gasteiger partial charge in [0.05, 0.1) is 17.8 Å². The number of fused-ring (bicyclic) bond motifs is 4. The van der Waals surface area contributed by atoms with Crippen LogP contribution in [0.4, 0.5) is 0 Å². The number of ketones is 1. The molecule has 1 amide bonds. The van der Waals surface area contributed by atoms with Gasteiger partial charge in [-0.1, -0.05) is 57.9 Å². The lowest BCUT2D eigenvalue weighted by Crippen LogP contribution is -2.65. The van der Waals surface area contributed by atoms with Crippen molar-refractivity contribution in [3.05, 3.63) is 71.0 Å². The van der Waals surface area contributed by atoms with Crippen LogP contribution in [0.25, 0.3) is 11.3 Å². The van der Waals surface area contributed by atoms with Crippen LogP contribution in [-0.4, -0.2) is 42.0 Å². The number of amides is 1. The van der Waals surface area contributed by atoms with Crippen molar-refractivity contribution in [3.63, 3.8) is 0 Å². The van der Waals surface area contributed by atoms with Crippen molar-refractivity contribution in [3.8, 4) is 11.3 Å². The zero-order valence-corrected chi connectivity index (χ0v) is 26.7. The van der Waals surface area contributed by atoms with Crippen molar-refractivity contribution in [2.24, 2.45) is 28.1 Å². The number of esters is 1. The molecule has 3 fully saturated rings. The van der Waals surface area contributed by atoms with E-state index >= 15 is 0 Å². The Morgan fingerprint density at radius 1 is 1.07 bits per heavy atom. The summed E-state index contributed by atoms with van der Waals surface area (Å²) in [6.45, 7) is 14.7. The zero-order chi connectivity index (χ0) is 31.3. The topological polar surface area (TPSA) is 94.8 Å². The second-order valence-corrected chi connectivity index (χ2v) is 14.3. The molecule has 7 heteroatoms. The van der Waals surface area contributed by atoms with Crippen molar-refractivity contribution in [1.29, 1.82) is 0 Å². The standard InChI is InChI=1S/C37H43NO6/c1-8-19(3)38-33(40)22-12-10-21(11-13-22)29-23(15-17-42-29)24-18-25-28(20(24)4)37(7)26(9-2)36(6)27(39)14-16-35(5)31(36)30(32(37)43-25)44-34(35)41/h10-17,19,24-26,30-32H,8-9,18H2,1-7H3,(H,38,40)/t19?,24-,25-,26-,30-,31+,32-,35-,36+,37-/m1/s1. The summed E-state index contributed by atoms with van der Waals surface area (Å²) in [5.41, 5.74) is 3.10. The van der Waals surface area contributed by atoms with E-state index in [4.69, 9.17) is 13.9 Å². The van der Waals surface area contributed by atoms with Gasteiger partial charge in [0.25, 0.3) is 5.91 Å². The van der Waals surface area contributed by atoms with Crippen LogP contribution in [0.3, 0.4) is 0 Å². The average Bonchev–Trinajstić information content (AvgIpc) is 3.74. The molecular weight excluding hydrogens is 554 g/mol. The van der Waals surface area contributed by atoms with Crippen LogP contribution >= 0.6 is 0 Å². The Hall–Kier alpha value is -3.45. The van der Waals surface area contributed by atoms with Gasteiger partial charge in [-0.05, 0) is 69.4 Å². The first-order valence-electron chi connectivity index (χ1n) is 16.2. The Morgan fingerprint density at radius 3 is 2.48 bits per heavy atom. The maximum atomic E-state index is 13.8. The Morgan fingerprint density at radius 2 is 1.80 bits per heavy atom. The number of hydrogen-bond donors (Lipinski definition) is 1. The minimum atomic E-state index is -0.828. The molecule has 232 valence electrons. The molecule has 0 radical (unpaired) electrons. The van der Waals surface area contributed by atoms with Crippen LogP contribution in [0, 0.1) is 28.1 Å². The molecule has 3 aliphatic carbocycles. The highest BCUT2D eigenvalue weighted by atomic mass is 16.6. The van der Waals surface area contributed by atoms with Gasteiger partial charge in [0.15, 0.2) is 5.78 Å². The summed E-state index contributed by atoms with van der Waals surface area (Å²) in [6.07, 6.45) is 6.68. The Kier molecular flexibility index (Phi) is 6.50. The van der Waals surface area contributed by atoms with Gasteiger partial charge in [-0.15, -0.1) is 0 Å². The number of hydrogen-bond acceptors (Lipinski definition) is 6. The molecule has 7 rings (SSSR count). The summed E-state index contributed by atoms with van der Waals surface area (Å²) in [6, 6.07) is 9.75. The molecule has 1 aromatic heterocycles. The fourth-order valence-electron chi connectivity index (χ4n) is 10.1. The Bertz CT molecular complexity index is 1620. The van der Waals surface area contributed by atoms with Gasteiger partial charge in [0.1, 0.15) is 18.0 Å². The van der Waals surface area contributed by atoms with Gasteiger partial charge in [0, 0.05) is 45.4 Å². The lowest BCUT2D eigenvalue weighted by Gasteiger charge is -2.59. The van der Waals surface area contributed by atoms with Crippen LogP contribution in [-0.2, 0) is 19.1 Å². The Balaban J connectivity index is 1.26. The number of furan rings is 1. The molecule has 3 heterocycles. The highest BCUT2D eigenvalue weighted by Crippen LogP contribution is 2.72. The molecule has 1 saturated carbocycles. The van der Waals surface area contributed by atoms with Crippen molar-refractivity contribution < 1.29 is 28.3 Å². The van der Waals surface area contributed by atoms with Gasteiger partial charge >= 0.3 is 5.97 Å². The quantitative estimate of drug-likeness (QED) is 0.291. The van der Waals surface area contributed by atoms with Crippen LogP contribution in [0.2, 0.25) is 0 Å². The number of carbonyl (C=O) groups is 3. The maximum Gasteiger partial charge on any atom is 0.316 e. The molecule has 10 atom stereocenters. The van der Waals surface area contributed by atoms with E-state index in [0.717, 1.165) is 36.1 Å². The Labute approximate surface area is 259 Å². The molecule has 2 aliphatic heterocycles. The molecule has 1 aromatic carbocycles. The van der Waals surface area contributed by atoms with E-state index in [1.807, 2.05) is 51.1 Å². The third kappa shape index (κ3) is 3.62. The summed E-state index contributed by atoms with van der Waals surface area (Å²) >= 11 is 0. The summed E-state index contributed by atoms with van der Waals surface area (Å²) < 4.78 is 19.2. The van der Waals surface area contributed by atoms with Crippen molar-refractivity contribution in [1.82, 2.24) is 5.32 Å². The number of rotatable bonds is 6. The molecule has 1 N–H and O–H groups in total. The highest BCUT2D eigenvalue weighted by Gasteiger charge is 2.77. The van der Waals surface area contributed by atoms with Crippen molar-refractivity contribution in [2.75, 3.05) is 0 Å². The lowest BCUT2D eigenvalue weighted by molar-refractivity contribution is -0.186. The minimum absolute atomic E-state index is 0.0147. The summed E-state index contributed by atoms with van der Waals surface area (Å²) in [7, 11) is 0. The van der Waals surface area contributed by atoms with E-state index in [-0.39, 0.29) is 53.7 Å². The first-order valence-corrected chi connectivity index (χ1v) is 16.2. The van der Waals surface area contributed by atoms with E-state index in [0.29, 0.717) is 5.56 Å². The smallest absolute Gasteiger partial charge is 0.316 e. The van der Waals surface area contributed by atoms with E-state index in [1.165, 1.54) is 11.1 Å². The summed E-state index contributed by atoms with van der Waals surface area (Å²) in [5, 5.41) is 3.02. The number of nitrogens with one attached hydrogen (secondary N) is 1. The first-order chi connectivity index (χ1) is 20.9. The number of ether oxygens (including phenoxy) is 2. The molecule has 7 nitrogen and oxygen atoms in total. The van der Waals surface area contributed by atoms with Gasteiger partial charge in [-0.3, -0.25) is 14.4 Å². The van der Waals surface area contributed by atoms with Crippen molar-refractivity contribution >= 4 is 17.7 Å². The normalized spacial score (nSPS) is 39.2. The van der Waals surface area contributed by atoms with Crippen molar-refractivity contribution in [2.45, 2.75) is 98.0 Å². The molecule has 2 aromatic rings. The SMILES string of the molecule is CCC(C)NC(=O)c1ccc(-c2occc2[C@@H]2C[C@H]3O[C@@H]4[C@@H]5OC(=O)[C@]6(C)C=CC(=O)[C@](C)([C@@H](CC)[C@]4(C)C3=C2C)[C@@H]56)cc1. The predicted molar refractivity (Wildman–Crippen MR) is 166 cm³/mol. The molecule has 0 spiro atoms. The third-order valence-corrected chi connectivity index (χ3v) is 12.2. The van der Waals surface area contributed by atoms with Crippen LogP contribution in [0.5, 0.6) is 0 Å². The van der Waals surface area contributed by atoms with Gasteiger partial charge in [-0.2, -0.15) is 0 Å². The molecule has 5 aliphatic rings. The molecule has 1 unspecified atom stereocenters. The molecular formula is C37H43NO6. The number of allylic oxidation sites excluding steroid dienone is 2. The second-order valence-electron chi connectivity index (χ2n) is 14.3. The van der Waals surface area contributed by atoms with Gasteiger partial charge in [0.2, 0.25) is 0 Å². The van der Waals surface area contributed by atoms with Crippen LogP contribution in [0.15, 0.2) is 64.3 Å². The fraction of sp³-hybridized carbons (Fsp3) is 0.541. The van der Waals surface area contributed by atoms with E-state index < -0.39 is 22.3 Å². The summed E-state index contributed by atoms with van der Waals surface area (Å²) in [5.74, 6) is 0.358. The number of carbonyl (C=O) groups excluding carboxylic acids is 3. The monoisotopic (exact) mass is 597 g/mol.